The molecule has 1 heterocycles. The summed E-state index contributed by atoms with van der Waals surface area (Å²) in [5, 5.41) is 12.0. The van der Waals surface area contributed by atoms with Crippen LogP contribution in [0.5, 0.6) is 17.2 Å². The first-order chi connectivity index (χ1) is 18.4. The predicted molar refractivity (Wildman–Crippen MR) is 144 cm³/mol. The molecule has 0 saturated heterocycles. The fourth-order valence-corrected chi connectivity index (χ4v) is 7.20. The highest BCUT2D eigenvalue weighted by Crippen LogP contribution is 2.52. The lowest BCUT2D eigenvalue weighted by molar-refractivity contribution is -0.919. The van der Waals surface area contributed by atoms with E-state index >= 15 is 0 Å². The Labute approximate surface area is 224 Å². The van der Waals surface area contributed by atoms with Crippen LogP contribution < -0.4 is 9.47 Å². The minimum Gasteiger partial charge on any atom is -0.493 e. The molecule has 0 aromatic heterocycles. The first kappa shape index (κ1) is 25.0. The molecular formula is C32H36NO5+. The summed E-state index contributed by atoms with van der Waals surface area (Å²) in [6.07, 6.45) is 3.81. The van der Waals surface area contributed by atoms with Crippen molar-refractivity contribution in [2.75, 3.05) is 27.2 Å². The number of esters is 1. The van der Waals surface area contributed by atoms with Crippen molar-refractivity contribution in [2.24, 2.45) is 11.8 Å². The molecule has 198 valence electrons. The number of carbonyl (C=O) groups excluding carboxylic acids is 1. The van der Waals surface area contributed by atoms with E-state index in [0.29, 0.717) is 41.2 Å². The molecule has 2 aliphatic carbocycles. The molecule has 1 N–H and O–H groups in total. The van der Waals surface area contributed by atoms with E-state index in [1.807, 2.05) is 54.6 Å². The van der Waals surface area contributed by atoms with Gasteiger partial charge in [0.1, 0.15) is 23.4 Å². The molecule has 4 atom stereocenters. The molecular weight excluding hydrogens is 478 g/mol. The lowest BCUT2D eigenvalue weighted by Gasteiger charge is -2.39. The summed E-state index contributed by atoms with van der Waals surface area (Å²) in [5.74, 6) is 2.03. The monoisotopic (exact) mass is 514 g/mol. The third-order valence-electron chi connectivity index (χ3n) is 8.83. The van der Waals surface area contributed by atoms with Gasteiger partial charge in [-0.05, 0) is 43.5 Å². The predicted octanol–water partition coefficient (Wildman–Crippen LogP) is 5.28. The summed E-state index contributed by atoms with van der Waals surface area (Å²) in [6, 6.07) is 24.7. The zero-order valence-corrected chi connectivity index (χ0v) is 22.1. The average Bonchev–Trinajstić information content (AvgIpc) is 3.51. The van der Waals surface area contributed by atoms with E-state index < -0.39 is 11.6 Å². The van der Waals surface area contributed by atoms with Crippen molar-refractivity contribution >= 4 is 5.97 Å². The zero-order chi connectivity index (χ0) is 26.3. The van der Waals surface area contributed by atoms with Gasteiger partial charge in [-0.3, -0.25) is 0 Å². The normalized spacial score (nSPS) is 24.7. The number of benzene rings is 3. The van der Waals surface area contributed by atoms with Crippen LogP contribution in [0.1, 0.15) is 36.8 Å². The van der Waals surface area contributed by atoms with Gasteiger partial charge in [-0.1, -0.05) is 54.6 Å². The number of hydrogen-bond donors (Lipinski definition) is 1. The summed E-state index contributed by atoms with van der Waals surface area (Å²) in [5.41, 5.74) is -1.04. The molecule has 2 saturated carbocycles. The Kier molecular flexibility index (Phi) is 6.40. The van der Waals surface area contributed by atoms with Crippen LogP contribution in [0.15, 0.2) is 78.9 Å². The van der Waals surface area contributed by atoms with Gasteiger partial charge in [-0.15, -0.1) is 0 Å². The number of ether oxygens (including phenoxy) is 3. The van der Waals surface area contributed by atoms with Crippen LogP contribution >= 0.6 is 0 Å². The van der Waals surface area contributed by atoms with Gasteiger partial charge < -0.3 is 23.8 Å². The van der Waals surface area contributed by atoms with Crippen LogP contribution in [0.25, 0.3) is 0 Å². The number of para-hydroxylation sites is 3. The van der Waals surface area contributed by atoms with E-state index in [0.717, 1.165) is 42.5 Å². The maximum atomic E-state index is 13.8. The number of aliphatic hydroxyl groups is 1. The second-order valence-corrected chi connectivity index (χ2v) is 11.5. The topological polar surface area (TPSA) is 65.0 Å². The van der Waals surface area contributed by atoms with E-state index in [4.69, 9.17) is 14.2 Å². The fourth-order valence-electron chi connectivity index (χ4n) is 7.20. The zero-order valence-electron chi connectivity index (χ0n) is 22.1. The summed E-state index contributed by atoms with van der Waals surface area (Å²) >= 11 is 0. The average molecular weight is 515 g/mol. The molecule has 2 fully saturated rings. The number of hydrogen-bond acceptors (Lipinski definition) is 5. The Bertz CT molecular complexity index is 1260. The highest BCUT2D eigenvalue weighted by atomic mass is 16.6. The molecule has 0 radical (unpaired) electrons. The number of rotatable bonds is 8. The number of fused-ring (bicyclic) bond motifs is 4. The SMILES string of the molecule is C[N+](C)(CCCOc1ccccc1)C1[C@H]2CC[C@@H]1[C@H](OC(=O)C1(O)c3ccccc3Oc3ccccc31)C2. The van der Waals surface area contributed by atoms with Crippen LogP contribution in [-0.4, -0.2) is 55.0 Å². The van der Waals surface area contributed by atoms with Crippen molar-refractivity contribution < 1.29 is 28.6 Å². The Morgan fingerprint density at radius 1 is 0.947 bits per heavy atom. The molecule has 6 heteroatoms. The van der Waals surface area contributed by atoms with Crippen LogP contribution in [0.2, 0.25) is 0 Å². The first-order valence-corrected chi connectivity index (χ1v) is 13.7. The van der Waals surface area contributed by atoms with Gasteiger partial charge in [-0.25, -0.2) is 4.79 Å². The van der Waals surface area contributed by atoms with Crippen molar-refractivity contribution in [3.63, 3.8) is 0 Å². The van der Waals surface area contributed by atoms with E-state index in [1.165, 1.54) is 0 Å². The summed E-state index contributed by atoms with van der Waals surface area (Å²) in [4.78, 5) is 13.8. The lowest BCUT2D eigenvalue weighted by atomic mass is 9.83. The highest BCUT2D eigenvalue weighted by Gasteiger charge is 2.58. The standard InChI is InChI=1S/C32H36NO5/c1-33(2,19-10-20-36-23-11-4-3-5-12-23)30-22-17-18-24(30)29(21-22)38-31(34)32(35)25-13-6-8-15-27(25)37-28-16-9-7-14-26(28)32/h3-9,11-16,22,24,29-30,35H,10,17-21H2,1-2H3/q+1/t22-,24+,29+,30?/m0/s1. The van der Waals surface area contributed by atoms with E-state index in [2.05, 4.69) is 14.1 Å². The number of nitrogens with zero attached hydrogens (tertiary/aromatic N) is 1. The maximum Gasteiger partial charge on any atom is 0.348 e. The van der Waals surface area contributed by atoms with Crippen LogP contribution in [-0.2, 0) is 15.1 Å². The summed E-state index contributed by atoms with van der Waals surface area (Å²) in [7, 11) is 4.59. The third kappa shape index (κ3) is 4.26. The van der Waals surface area contributed by atoms with Crippen molar-refractivity contribution in [2.45, 2.75) is 43.4 Å². The second kappa shape index (κ2) is 9.75. The minimum absolute atomic E-state index is 0.199. The molecule has 1 unspecified atom stereocenters. The third-order valence-corrected chi connectivity index (χ3v) is 8.83. The Morgan fingerprint density at radius 2 is 1.58 bits per heavy atom. The molecule has 0 spiro atoms. The van der Waals surface area contributed by atoms with Crippen molar-refractivity contribution in [3.05, 3.63) is 90.0 Å². The lowest BCUT2D eigenvalue weighted by Crippen LogP contribution is -2.53. The van der Waals surface area contributed by atoms with Gasteiger partial charge in [0, 0.05) is 29.4 Å². The van der Waals surface area contributed by atoms with Gasteiger partial charge in [0.25, 0.3) is 0 Å². The Hall–Kier alpha value is -3.35. The van der Waals surface area contributed by atoms with E-state index in [1.54, 1.807) is 24.3 Å². The summed E-state index contributed by atoms with van der Waals surface area (Å²) < 4.78 is 19.0. The van der Waals surface area contributed by atoms with Gasteiger partial charge >= 0.3 is 5.97 Å². The van der Waals surface area contributed by atoms with Gasteiger partial charge in [0.2, 0.25) is 5.60 Å². The molecule has 2 bridgehead atoms. The number of quaternary nitrogens is 1. The molecule has 3 aromatic carbocycles. The van der Waals surface area contributed by atoms with Crippen molar-refractivity contribution in [3.8, 4) is 17.2 Å². The molecule has 6 rings (SSSR count). The van der Waals surface area contributed by atoms with E-state index in [9.17, 15) is 9.90 Å². The van der Waals surface area contributed by atoms with Crippen LogP contribution in [0.4, 0.5) is 0 Å². The van der Waals surface area contributed by atoms with Crippen LogP contribution in [0.3, 0.4) is 0 Å². The molecule has 6 nitrogen and oxygen atoms in total. The Balaban J connectivity index is 1.16. The summed E-state index contributed by atoms with van der Waals surface area (Å²) in [6.45, 7) is 1.67. The second-order valence-electron chi connectivity index (χ2n) is 11.5. The van der Waals surface area contributed by atoms with Gasteiger partial charge in [0.05, 0.1) is 33.3 Å². The highest BCUT2D eigenvalue weighted by molar-refractivity contribution is 5.88. The smallest absolute Gasteiger partial charge is 0.348 e. The Morgan fingerprint density at radius 3 is 2.26 bits per heavy atom. The van der Waals surface area contributed by atoms with Gasteiger partial charge in [0.15, 0.2) is 0 Å². The fraction of sp³-hybridized carbons (Fsp3) is 0.406. The van der Waals surface area contributed by atoms with Crippen molar-refractivity contribution in [1.29, 1.82) is 0 Å². The largest absolute Gasteiger partial charge is 0.493 e. The minimum atomic E-state index is -1.90. The first-order valence-electron chi connectivity index (χ1n) is 13.7. The number of carbonyl (C=O) groups is 1. The molecule has 3 aliphatic rings. The molecule has 3 aromatic rings. The molecule has 38 heavy (non-hydrogen) atoms. The molecule has 1 aliphatic heterocycles. The van der Waals surface area contributed by atoms with Gasteiger partial charge in [-0.2, -0.15) is 0 Å². The van der Waals surface area contributed by atoms with Crippen molar-refractivity contribution in [1.82, 2.24) is 0 Å². The quantitative estimate of drug-likeness (QED) is 0.252. The maximum absolute atomic E-state index is 13.8. The van der Waals surface area contributed by atoms with Crippen LogP contribution in [0, 0.1) is 11.8 Å². The molecule has 0 amide bonds. The van der Waals surface area contributed by atoms with E-state index in [-0.39, 0.29) is 12.0 Å².